The van der Waals surface area contributed by atoms with Gasteiger partial charge in [0.05, 0.1) is 24.8 Å². The first-order valence-corrected chi connectivity index (χ1v) is 5.77. The van der Waals surface area contributed by atoms with Crippen molar-refractivity contribution in [3.05, 3.63) is 29.1 Å². The number of nitrogens with zero attached hydrogens (tertiary/aromatic N) is 3. The van der Waals surface area contributed by atoms with Crippen LogP contribution in [0.2, 0.25) is 0 Å². The summed E-state index contributed by atoms with van der Waals surface area (Å²) in [6.07, 6.45) is 4.50. The Bertz CT molecular complexity index is 347. The van der Waals surface area contributed by atoms with Crippen molar-refractivity contribution in [1.29, 1.82) is 0 Å². The SMILES string of the molecule is CCOC1=CC(=[N+]=[N-])CC=C1N(CC)CC. The van der Waals surface area contributed by atoms with Gasteiger partial charge in [0, 0.05) is 13.1 Å². The molecule has 1 aliphatic carbocycles. The van der Waals surface area contributed by atoms with Gasteiger partial charge in [-0.05, 0) is 26.8 Å². The van der Waals surface area contributed by atoms with E-state index in [4.69, 9.17) is 10.3 Å². The second-order valence-corrected chi connectivity index (χ2v) is 3.50. The van der Waals surface area contributed by atoms with Crippen molar-refractivity contribution in [1.82, 2.24) is 4.90 Å². The van der Waals surface area contributed by atoms with Gasteiger partial charge in [0.15, 0.2) is 0 Å². The molecule has 0 N–H and O–H groups in total. The number of rotatable bonds is 5. The number of hydrogen-bond acceptors (Lipinski definition) is 2. The number of likely N-dealkylation sites (N-methyl/N-ethyl adjacent to an activating group) is 1. The van der Waals surface area contributed by atoms with Crippen molar-refractivity contribution >= 4 is 5.71 Å². The van der Waals surface area contributed by atoms with Crippen LogP contribution in [0.1, 0.15) is 27.2 Å². The number of ether oxygens (including phenoxy) is 1. The summed E-state index contributed by atoms with van der Waals surface area (Å²) in [5.41, 5.74) is 10.5. The fraction of sp³-hybridized carbons (Fsp3) is 0.583. The smallest absolute Gasteiger partial charge is 0.299 e. The maximum Gasteiger partial charge on any atom is 0.299 e. The molecule has 0 atom stereocenters. The molecule has 0 amide bonds. The first-order chi connectivity index (χ1) is 7.76. The molecule has 16 heavy (non-hydrogen) atoms. The van der Waals surface area contributed by atoms with Crippen LogP contribution in [-0.4, -0.2) is 35.1 Å². The molecule has 0 unspecified atom stereocenters. The molecule has 4 nitrogen and oxygen atoms in total. The zero-order chi connectivity index (χ0) is 12.0. The lowest BCUT2D eigenvalue weighted by Crippen LogP contribution is -2.26. The van der Waals surface area contributed by atoms with Crippen LogP contribution in [-0.2, 0) is 4.74 Å². The molecule has 0 aliphatic heterocycles. The van der Waals surface area contributed by atoms with Crippen molar-refractivity contribution in [2.75, 3.05) is 19.7 Å². The van der Waals surface area contributed by atoms with Gasteiger partial charge in [-0.15, -0.1) is 0 Å². The molecule has 0 bridgehead atoms. The Kier molecular flexibility index (Phi) is 4.80. The molecular weight excluding hydrogens is 202 g/mol. The lowest BCUT2D eigenvalue weighted by molar-refractivity contribution is -0.00594. The summed E-state index contributed by atoms with van der Waals surface area (Å²) < 4.78 is 5.57. The second kappa shape index (κ2) is 6.13. The van der Waals surface area contributed by atoms with Gasteiger partial charge >= 0.3 is 0 Å². The van der Waals surface area contributed by atoms with Crippen LogP contribution in [0.3, 0.4) is 0 Å². The minimum atomic E-state index is 0.614. The molecule has 4 heteroatoms. The van der Waals surface area contributed by atoms with E-state index in [2.05, 4.69) is 23.5 Å². The number of hydrogen-bond donors (Lipinski definition) is 0. The lowest BCUT2D eigenvalue weighted by Gasteiger charge is -2.27. The largest absolute Gasteiger partial charge is 0.491 e. The predicted octanol–water partition coefficient (Wildman–Crippen LogP) is 2.21. The summed E-state index contributed by atoms with van der Waals surface area (Å²) in [7, 11) is 0. The van der Waals surface area contributed by atoms with Crippen LogP contribution in [0.25, 0.3) is 5.53 Å². The quantitative estimate of drug-likeness (QED) is 0.528. The Morgan fingerprint density at radius 3 is 2.56 bits per heavy atom. The highest BCUT2D eigenvalue weighted by Gasteiger charge is 2.20. The summed E-state index contributed by atoms with van der Waals surface area (Å²) in [5, 5.41) is 0. The van der Waals surface area contributed by atoms with Crippen molar-refractivity contribution in [3.63, 3.8) is 0 Å². The molecule has 0 heterocycles. The molecule has 0 saturated carbocycles. The van der Waals surface area contributed by atoms with Crippen LogP contribution < -0.4 is 0 Å². The highest BCUT2D eigenvalue weighted by atomic mass is 16.5. The normalized spacial score (nSPS) is 15.1. The van der Waals surface area contributed by atoms with Crippen LogP contribution in [0.15, 0.2) is 23.6 Å². The predicted molar refractivity (Wildman–Crippen MR) is 64.0 cm³/mol. The Hall–Kier alpha value is -1.54. The monoisotopic (exact) mass is 221 g/mol. The lowest BCUT2D eigenvalue weighted by atomic mass is 10.1. The summed E-state index contributed by atoms with van der Waals surface area (Å²) >= 11 is 0. The Morgan fingerprint density at radius 1 is 1.38 bits per heavy atom. The van der Waals surface area contributed by atoms with Crippen LogP contribution in [0.4, 0.5) is 0 Å². The highest BCUT2D eigenvalue weighted by molar-refractivity contribution is 5.93. The molecule has 0 radical (unpaired) electrons. The summed E-state index contributed by atoms with van der Waals surface area (Å²) in [6, 6.07) is 0. The van der Waals surface area contributed by atoms with Gasteiger partial charge in [-0.1, -0.05) is 0 Å². The van der Waals surface area contributed by atoms with Crippen LogP contribution in [0.5, 0.6) is 0 Å². The van der Waals surface area contributed by atoms with Crippen LogP contribution >= 0.6 is 0 Å². The molecule has 1 aliphatic rings. The molecule has 1 rings (SSSR count). The fourth-order valence-corrected chi connectivity index (χ4v) is 1.78. The highest BCUT2D eigenvalue weighted by Crippen LogP contribution is 2.21. The minimum absolute atomic E-state index is 0.614. The molecule has 0 aromatic carbocycles. The van der Waals surface area contributed by atoms with Crippen molar-refractivity contribution in [3.8, 4) is 0 Å². The molecule has 0 fully saturated rings. The Labute approximate surface area is 96.8 Å². The van der Waals surface area contributed by atoms with E-state index in [0.717, 1.165) is 24.5 Å². The van der Waals surface area contributed by atoms with E-state index < -0.39 is 0 Å². The minimum Gasteiger partial charge on any atom is -0.491 e. The molecule has 0 aromatic heterocycles. The van der Waals surface area contributed by atoms with E-state index in [1.54, 1.807) is 6.08 Å². The standard InChI is InChI=1S/C12H19N3O/c1-4-15(5-2)11-8-7-10(14-13)9-12(11)16-6-3/h8-9H,4-7H2,1-3H3. The maximum absolute atomic E-state index is 8.76. The van der Waals surface area contributed by atoms with Crippen molar-refractivity contribution in [2.45, 2.75) is 27.2 Å². The summed E-state index contributed by atoms with van der Waals surface area (Å²) in [5.74, 6) is 0.797. The van der Waals surface area contributed by atoms with E-state index in [1.165, 1.54) is 0 Å². The van der Waals surface area contributed by atoms with Gasteiger partial charge in [-0.3, -0.25) is 0 Å². The Balaban J connectivity index is 2.96. The van der Waals surface area contributed by atoms with Gasteiger partial charge in [0.1, 0.15) is 5.76 Å². The van der Waals surface area contributed by atoms with E-state index in [9.17, 15) is 0 Å². The molecule has 0 aromatic rings. The van der Waals surface area contributed by atoms with Gasteiger partial charge in [0.2, 0.25) is 0 Å². The molecule has 88 valence electrons. The van der Waals surface area contributed by atoms with Gasteiger partial charge < -0.3 is 15.2 Å². The van der Waals surface area contributed by atoms with E-state index in [1.807, 2.05) is 13.0 Å². The van der Waals surface area contributed by atoms with E-state index in [0.29, 0.717) is 18.7 Å². The fourth-order valence-electron chi connectivity index (χ4n) is 1.78. The molecule has 0 spiro atoms. The zero-order valence-electron chi connectivity index (χ0n) is 10.2. The topological polar surface area (TPSA) is 48.9 Å². The van der Waals surface area contributed by atoms with Gasteiger partial charge in [0.25, 0.3) is 5.71 Å². The second-order valence-electron chi connectivity index (χ2n) is 3.50. The molecule has 0 saturated heterocycles. The first-order valence-electron chi connectivity index (χ1n) is 5.77. The van der Waals surface area contributed by atoms with Crippen LogP contribution in [0, 0.1) is 0 Å². The average Bonchev–Trinajstić information content (AvgIpc) is 2.32. The average molecular weight is 221 g/mol. The third-order valence-electron chi connectivity index (χ3n) is 2.59. The number of allylic oxidation sites excluding steroid dienone is 2. The first kappa shape index (κ1) is 12.5. The molecular formula is C12H19N3O. The third kappa shape index (κ3) is 2.74. The van der Waals surface area contributed by atoms with E-state index >= 15 is 0 Å². The van der Waals surface area contributed by atoms with Crippen molar-refractivity contribution < 1.29 is 9.53 Å². The summed E-state index contributed by atoms with van der Waals surface area (Å²) in [4.78, 5) is 5.45. The third-order valence-corrected chi connectivity index (χ3v) is 2.59. The zero-order valence-corrected chi connectivity index (χ0v) is 10.2. The van der Waals surface area contributed by atoms with Crippen molar-refractivity contribution in [2.24, 2.45) is 0 Å². The van der Waals surface area contributed by atoms with Gasteiger partial charge in [-0.25, -0.2) is 0 Å². The Morgan fingerprint density at radius 2 is 2.06 bits per heavy atom. The summed E-state index contributed by atoms with van der Waals surface area (Å²) in [6.45, 7) is 8.68. The maximum atomic E-state index is 8.76. The van der Waals surface area contributed by atoms with Gasteiger partial charge in [-0.2, -0.15) is 4.79 Å². The van der Waals surface area contributed by atoms with E-state index in [-0.39, 0.29) is 0 Å².